The van der Waals surface area contributed by atoms with Crippen molar-refractivity contribution in [1.29, 1.82) is 0 Å². The average Bonchev–Trinajstić information content (AvgIpc) is 3.12. The van der Waals surface area contributed by atoms with Crippen LogP contribution in [0.4, 0.5) is 0 Å². The second-order valence-electron chi connectivity index (χ2n) is 4.16. The molecule has 0 saturated carbocycles. The summed E-state index contributed by atoms with van der Waals surface area (Å²) in [6.45, 7) is 1.000. The predicted molar refractivity (Wildman–Crippen MR) is 82.3 cm³/mol. The van der Waals surface area contributed by atoms with Crippen molar-refractivity contribution < 1.29 is 9.59 Å². The molecule has 0 bridgehead atoms. The summed E-state index contributed by atoms with van der Waals surface area (Å²) in [6.07, 6.45) is 1.16. The monoisotopic (exact) mass is 308 g/mol. The second kappa shape index (κ2) is 7.81. The van der Waals surface area contributed by atoms with Gasteiger partial charge in [-0.25, -0.2) is 0 Å². The van der Waals surface area contributed by atoms with Gasteiger partial charge in [0.15, 0.2) is 0 Å². The second-order valence-corrected chi connectivity index (χ2v) is 6.14. The third-order valence-electron chi connectivity index (χ3n) is 2.66. The molecule has 0 atom stereocenters. The molecule has 2 rings (SSSR count). The van der Waals surface area contributed by atoms with Crippen LogP contribution in [-0.2, 0) is 11.2 Å². The summed E-state index contributed by atoms with van der Waals surface area (Å²) in [6, 6.07) is 7.65. The molecule has 0 aromatic carbocycles. The van der Waals surface area contributed by atoms with Gasteiger partial charge >= 0.3 is 0 Å². The minimum Gasteiger partial charge on any atom is -0.356 e. The van der Waals surface area contributed by atoms with Gasteiger partial charge in [-0.2, -0.15) is 0 Å². The van der Waals surface area contributed by atoms with Gasteiger partial charge in [0.2, 0.25) is 5.91 Å². The van der Waals surface area contributed by atoms with Crippen molar-refractivity contribution in [3.63, 3.8) is 0 Å². The average molecular weight is 308 g/mol. The van der Waals surface area contributed by atoms with Gasteiger partial charge in [0.05, 0.1) is 4.88 Å². The Labute approximate surface area is 125 Å². The molecule has 2 aromatic heterocycles. The smallest absolute Gasteiger partial charge is 0.261 e. The Morgan fingerprint density at radius 3 is 2.50 bits per heavy atom. The fourth-order valence-corrected chi connectivity index (χ4v) is 3.00. The van der Waals surface area contributed by atoms with Crippen molar-refractivity contribution in [2.45, 2.75) is 12.8 Å². The van der Waals surface area contributed by atoms with E-state index in [1.165, 1.54) is 16.2 Å². The molecular weight excluding hydrogens is 292 g/mol. The van der Waals surface area contributed by atoms with Crippen LogP contribution in [0.2, 0.25) is 0 Å². The van der Waals surface area contributed by atoms with Gasteiger partial charge in [-0.3, -0.25) is 9.59 Å². The lowest BCUT2D eigenvalue weighted by Gasteiger charge is -2.05. The molecule has 0 unspecified atom stereocenters. The molecule has 2 heterocycles. The van der Waals surface area contributed by atoms with Crippen molar-refractivity contribution >= 4 is 34.5 Å². The lowest BCUT2D eigenvalue weighted by Crippen LogP contribution is -2.31. The molecule has 20 heavy (non-hydrogen) atoms. The molecule has 0 spiro atoms. The molecule has 6 heteroatoms. The summed E-state index contributed by atoms with van der Waals surface area (Å²) < 4.78 is 0. The van der Waals surface area contributed by atoms with Crippen LogP contribution in [0.25, 0.3) is 0 Å². The van der Waals surface area contributed by atoms with Gasteiger partial charge in [0.25, 0.3) is 5.91 Å². The molecule has 4 nitrogen and oxygen atoms in total. The van der Waals surface area contributed by atoms with Gasteiger partial charge in [-0.15, -0.1) is 22.7 Å². The van der Waals surface area contributed by atoms with E-state index in [1.54, 1.807) is 17.4 Å². The topological polar surface area (TPSA) is 58.2 Å². The molecule has 0 radical (unpaired) electrons. The van der Waals surface area contributed by atoms with E-state index in [9.17, 15) is 9.59 Å². The van der Waals surface area contributed by atoms with Crippen LogP contribution in [0, 0.1) is 0 Å². The van der Waals surface area contributed by atoms with E-state index >= 15 is 0 Å². The van der Waals surface area contributed by atoms with E-state index in [4.69, 9.17) is 0 Å². The first-order chi connectivity index (χ1) is 9.75. The summed E-state index contributed by atoms with van der Waals surface area (Å²) in [5.41, 5.74) is 0. The number of hydrogen-bond acceptors (Lipinski definition) is 4. The summed E-state index contributed by atoms with van der Waals surface area (Å²) in [4.78, 5) is 25.1. The Bertz CT molecular complexity index is 536. The molecule has 0 aliphatic heterocycles. The maximum atomic E-state index is 11.6. The number of hydrogen-bond donors (Lipinski definition) is 2. The zero-order chi connectivity index (χ0) is 14.2. The third kappa shape index (κ3) is 4.79. The zero-order valence-electron chi connectivity index (χ0n) is 10.9. The van der Waals surface area contributed by atoms with Crippen LogP contribution >= 0.6 is 22.7 Å². The van der Waals surface area contributed by atoms with Crippen LogP contribution in [0.1, 0.15) is 21.0 Å². The summed E-state index contributed by atoms with van der Waals surface area (Å²) in [5, 5.41) is 9.46. The lowest BCUT2D eigenvalue weighted by atomic mass is 10.3. The van der Waals surface area contributed by atoms with Crippen molar-refractivity contribution in [3.8, 4) is 0 Å². The van der Waals surface area contributed by atoms with Gasteiger partial charge in [-0.1, -0.05) is 12.1 Å². The minimum absolute atomic E-state index is 0.0342. The highest BCUT2D eigenvalue weighted by atomic mass is 32.1. The standard InChI is InChI=1S/C14H16N2O2S2/c17-13(15-7-5-11-3-1-9-19-11)6-8-16-14(18)12-4-2-10-20-12/h1-4,9-10H,5-8H2,(H,15,17)(H,16,18). The summed E-state index contributed by atoms with van der Waals surface area (Å²) >= 11 is 3.08. The minimum atomic E-state index is -0.119. The maximum absolute atomic E-state index is 11.6. The van der Waals surface area contributed by atoms with Gasteiger partial charge in [-0.05, 0) is 29.3 Å². The van der Waals surface area contributed by atoms with Gasteiger partial charge in [0, 0.05) is 24.4 Å². The highest BCUT2D eigenvalue weighted by Crippen LogP contribution is 2.08. The van der Waals surface area contributed by atoms with Crippen molar-refractivity contribution in [3.05, 3.63) is 44.8 Å². The van der Waals surface area contributed by atoms with Crippen LogP contribution < -0.4 is 10.6 Å². The number of thiophene rings is 2. The summed E-state index contributed by atoms with van der Waals surface area (Å²) in [5.74, 6) is -0.153. The van der Waals surface area contributed by atoms with Crippen LogP contribution in [-0.4, -0.2) is 24.9 Å². The van der Waals surface area contributed by atoms with Crippen LogP contribution in [0.3, 0.4) is 0 Å². The van der Waals surface area contributed by atoms with Crippen LogP contribution in [0.5, 0.6) is 0 Å². The number of rotatable bonds is 7. The summed E-state index contributed by atoms with van der Waals surface area (Å²) in [7, 11) is 0. The van der Waals surface area contributed by atoms with E-state index in [2.05, 4.69) is 16.7 Å². The van der Waals surface area contributed by atoms with E-state index in [1.807, 2.05) is 22.9 Å². The van der Waals surface area contributed by atoms with Crippen molar-refractivity contribution in [1.82, 2.24) is 10.6 Å². The molecule has 0 saturated heterocycles. The first-order valence-corrected chi connectivity index (χ1v) is 8.12. The fourth-order valence-electron chi connectivity index (χ4n) is 1.65. The predicted octanol–water partition coefficient (Wildman–Crippen LogP) is 2.29. The SMILES string of the molecule is O=C(CCNC(=O)c1cccs1)NCCc1cccs1. The fraction of sp³-hybridized carbons (Fsp3) is 0.286. The first-order valence-electron chi connectivity index (χ1n) is 6.36. The largest absolute Gasteiger partial charge is 0.356 e. The number of nitrogens with one attached hydrogen (secondary N) is 2. The van der Waals surface area contributed by atoms with Gasteiger partial charge < -0.3 is 10.6 Å². The normalized spacial score (nSPS) is 10.2. The molecule has 0 aliphatic rings. The Morgan fingerprint density at radius 1 is 1.00 bits per heavy atom. The quantitative estimate of drug-likeness (QED) is 0.824. The van der Waals surface area contributed by atoms with Crippen molar-refractivity contribution in [2.75, 3.05) is 13.1 Å². The highest BCUT2D eigenvalue weighted by molar-refractivity contribution is 7.12. The number of amides is 2. The van der Waals surface area contributed by atoms with E-state index < -0.39 is 0 Å². The Hall–Kier alpha value is -1.66. The van der Waals surface area contributed by atoms with E-state index in [0.717, 1.165) is 6.42 Å². The highest BCUT2D eigenvalue weighted by Gasteiger charge is 2.07. The van der Waals surface area contributed by atoms with Crippen LogP contribution in [0.15, 0.2) is 35.0 Å². The third-order valence-corrected chi connectivity index (χ3v) is 4.46. The Morgan fingerprint density at radius 2 is 1.80 bits per heavy atom. The lowest BCUT2D eigenvalue weighted by molar-refractivity contribution is -0.120. The Balaban J connectivity index is 1.57. The van der Waals surface area contributed by atoms with Crippen molar-refractivity contribution in [2.24, 2.45) is 0 Å². The molecule has 0 fully saturated rings. The molecule has 2 amide bonds. The maximum Gasteiger partial charge on any atom is 0.261 e. The van der Waals surface area contributed by atoms with Gasteiger partial charge in [0.1, 0.15) is 0 Å². The van der Waals surface area contributed by atoms with E-state index in [-0.39, 0.29) is 11.8 Å². The molecule has 2 N–H and O–H groups in total. The molecule has 0 aliphatic carbocycles. The number of carbonyl (C=O) groups is 2. The first kappa shape index (κ1) is 14.7. The number of carbonyl (C=O) groups excluding carboxylic acids is 2. The zero-order valence-corrected chi connectivity index (χ0v) is 12.6. The molecule has 2 aromatic rings. The molecule has 106 valence electrons. The molecular formula is C14H16N2O2S2. The Kier molecular flexibility index (Phi) is 5.76. The van der Waals surface area contributed by atoms with E-state index in [0.29, 0.717) is 24.4 Å².